The van der Waals surface area contributed by atoms with E-state index in [2.05, 4.69) is 0 Å². The second-order valence-corrected chi connectivity index (χ2v) is 7.44. The summed E-state index contributed by atoms with van der Waals surface area (Å²) in [5, 5.41) is 1.39. The largest absolute Gasteiger partial charge is 0.465 e. The number of fused-ring (bicyclic) bond motifs is 1. The zero-order chi connectivity index (χ0) is 17.2. The molecule has 0 N–H and O–H groups in total. The molecule has 1 saturated heterocycles. The molecule has 3 aromatic rings. The van der Waals surface area contributed by atoms with Crippen molar-refractivity contribution in [2.24, 2.45) is 0 Å². The molecule has 0 amide bonds. The third kappa shape index (κ3) is 3.43. The Kier molecular flexibility index (Phi) is 4.75. The highest BCUT2D eigenvalue weighted by Gasteiger charge is 2.20. The van der Waals surface area contributed by atoms with Gasteiger partial charge in [-0.1, -0.05) is 41.9 Å². The molecule has 3 nitrogen and oxygen atoms in total. The number of hydrogen-bond acceptors (Lipinski definition) is 4. The monoisotopic (exact) mass is 372 g/mol. The molecule has 25 heavy (non-hydrogen) atoms. The lowest BCUT2D eigenvalue weighted by atomic mass is 10.1. The van der Waals surface area contributed by atoms with Crippen molar-refractivity contribution in [1.29, 1.82) is 0 Å². The molecular weight excluding hydrogens is 356 g/mol. The molecule has 0 radical (unpaired) electrons. The summed E-state index contributed by atoms with van der Waals surface area (Å²) in [4.78, 5) is 13.3. The third-order valence-electron chi connectivity index (χ3n) is 4.25. The van der Waals surface area contributed by atoms with Gasteiger partial charge in [-0.2, -0.15) is 0 Å². The SMILES string of the molecule is O=C(c1ccccc1)c1sc2cc(OC3CCCCO3)ccc2c1Cl. The molecule has 1 aliphatic rings. The van der Waals surface area contributed by atoms with Crippen LogP contribution in [-0.4, -0.2) is 18.7 Å². The number of hydrogen-bond donors (Lipinski definition) is 0. The van der Waals surface area contributed by atoms with E-state index in [0.717, 1.165) is 41.7 Å². The van der Waals surface area contributed by atoms with Crippen molar-refractivity contribution >= 4 is 38.8 Å². The fourth-order valence-electron chi connectivity index (χ4n) is 2.94. The number of carbonyl (C=O) groups is 1. The molecule has 5 heteroatoms. The minimum absolute atomic E-state index is 0.0510. The smallest absolute Gasteiger partial charge is 0.204 e. The van der Waals surface area contributed by atoms with Gasteiger partial charge in [-0.05, 0) is 31.0 Å². The summed E-state index contributed by atoms with van der Waals surface area (Å²) >= 11 is 7.87. The van der Waals surface area contributed by atoms with E-state index in [1.807, 2.05) is 36.4 Å². The minimum Gasteiger partial charge on any atom is -0.465 e. The molecule has 4 rings (SSSR count). The van der Waals surface area contributed by atoms with E-state index in [-0.39, 0.29) is 12.1 Å². The van der Waals surface area contributed by atoms with Gasteiger partial charge in [0.1, 0.15) is 5.75 Å². The Labute approximate surface area is 155 Å². The predicted octanol–water partition coefficient (Wildman–Crippen LogP) is 5.69. The zero-order valence-electron chi connectivity index (χ0n) is 13.5. The zero-order valence-corrected chi connectivity index (χ0v) is 15.1. The van der Waals surface area contributed by atoms with Gasteiger partial charge in [0.2, 0.25) is 5.78 Å². The predicted molar refractivity (Wildman–Crippen MR) is 101 cm³/mol. The van der Waals surface area contributed by atoms with Crippen LogP contribution in [0.1, 0.15) is 34.5 Å². The lowest BCUT2D eigenvalue weighted by Gasteiger charge is -2.23. The standard InChI is InChI=1S/C20H17ClO3S/c21-18-15-10-9-14(24-17-8-4-5-11-23-17)12-16(15)25-20(18)19(22)13-6-2-1-3-7-13/h1-3,6-7,9-10,12,17H,4-5,8,11H2. The molecule has 2 heterocycles. The van der Waals surface area contributed by atoms with Crippen LogP contribution in [0.4, 0.5) is 0 Å². The summed E-state index contributed by atoms with van der Waals surface area (Å²) in [6.07, 6.45) is 2.92. The first-order valence-electron chi connectivity index (χ1n) is 8.32. The minimum atomic E-state index is -0.188. The fourth-order valence-corrected chi connectivity index (χ4v) is 4.45. The molecule has 2 aromatic carbocycles. The Morgan fingerprint density at radius 3 is 2.76 bits per heavy atom. The molecule has 0 aliphatic carbocycles. The van der Waals surface area contributed by atoms with E-state index in [0.29, 0.717) is 15.5 Å². The number of carbonyl (C=O) groups excluding carboxylic acids is 1. The molecular formula is C20H17ClO3S. The van der Waals surface area contributed by atoms with Gasteiger partial charge in [0, 0.05) is 22.1 Å². The van der Waals surface area contributed by atoms with Crippen molar-refractivity contribution in [3.05, 3.63) is 64.0 Å². The lowest BCUT2D eigenvalue weighted by Crippen LogP contribution is -2.24. The summed E-state index contributed by atoms with van der Waals surface area (Å²) in [7, 11) is 0. The number of rotatable bonds is 4. The van der Waals surface area contributed by atoms with Crippen LogP contribution in [0.5, 0.6) is 5.75 Å². The van der Waals surface area contributed by atoms with Crippen LogP contribution in [0.25, 0.3) is 10.1 Å². The summed E-state index contributed by atoms with van der Waals surface area (Å²) in [5.74, 6) is 0.695. The van der Waals surface area contributed by atoms with Gasteiger partial charge < -0.3 is 9.47 Å². The van der Waals surface area contributed by atoms with Crippen molar-refractivity contribution in [2.75, 3.05) is 6.61 Å². The quantitative estimate of drug-likeness (QED) is 0.552. The Hall–Kier alpha value is -1.88. The van der Waals surface area contributed by atoms with Crippen LogP contribution in [-0.2, 0) is 4.74 Å². The normalized spacial score (nSPS) is 17.6. The topological polar surface area (TPSA) is 35.5 Å². The maximum absolute atomic E-state index is 12.7. The summed E-state index contributed by atoms with van der Waals surface area (Å²) in [5.41, 5.74) is 0.642. The number of ketones is 1. The Morgan fingerprint density at radius 2 is 2.00 bits per heavy atom. The van der Waals surface area contributed by atoms with Crippen LogP contribution in [0.2, 0.25) is 5.02 Å². The maximum Gasteiger partial charge on any atom is 0.204 e. The van der Waals surface area contributed by atoms with Gasteiger partial charge in [-0.15, -0.1) is 11.3 Å². The highest BCUT2D eigenvalue weighted by atomic mass is 35.5. The number of benzene rings is 2. The van der Waals surface area contributed by atoms with Gasteiger partial charge in [0.25, 0.3) is 0 Å². The van der Waals surface area contributed by atoms with Gasteiger partial charge in [-0.25, -0.2) is 0 Å². The molecule has 1 atom stereocenters. The van der Waals surface area contributed by atoms with Gasteiger partial charge >= 0.3 is 0 Å². The number of halogens is 1. The first-order chi connectivity index (χ1) is 12.2. The number of thiophene rings is 1. The Morgan fingerprint density at radius 1 is 1.16 bits per heavy atom. The van der Waals surface area contributed by atoms with Gasteiger partial charge in [0.05, 0.1) is 16.5 Å². The summed E-state index contributed by atoms with van der Waals surface area (Å²) < 4.78 is 12.5. The van der Waals surface area contributed by atoms with Crippen LogP contribution in [0.3, 0.4) is 0 Å². The van der Waals surface area contributed by atoms with E-state index in [9.17, 15) is 4.79 Å². The molecule has 128 valence electrons. The van der Waals surface area contributed by atoms with E-state index in [4.69, 9.17) is 21.1 Å². The van der Waals surface area contributed by atoms with Gasteiger partial charge in [0.15, 0.2) is 6.29 Å². The van der Waals surface area contributed by atoms with E-state index in [1.165, 1.54) is 11.3 Å². The molecule has 1 unspecified atom stereocenters. The molecule has 0 spiro atoms. The van der Waals surface area contributed by atoms with E-state index < -0.39 is 0 Å². The summed E-state index contributed by atoms with van der Waals surface area (Å²) in [6, 6.07) is 14.9. The number of ether oxygens (including phenoxy) is 2. The second-order valence-electron chi connectivity index (χ2n) is 6.01. The van der Waals surface area contributed by atoms with Crippen LogP contribution < -0.4 is 4.74 Å². The van der Waals surface area contributed by atoms with Crippen molar-refractivity contribution in [3.8, 4) is 5.75 Å². The third-order valence-corrected chi connectivity index (χ3v) is 5.90. The Bertz CT molecular complexity index is 898. The Balaban J connectivity index is 1.64. The van der Waals surface area contributed by atoms with Gasteiger partial charge in [-0.3, -0.25) is 4.79 Å². The average molecular weight is 373 g/mol. The molecule has 0 bridgehead atoms. The van der Waals surface area contributed by atoms with Crippen molar-refractivity contribution < 1.29 is 14.3 Å². The fraction of sp³-hybridized carbons (Fsp3) is 0.250. The van der Waals surface area contributed by atoms with Crippen LogP contribution in [0, 0.1) is 0 Å². The molecule has 1 fully saturated rings. The van der Waals surface area contributed by atoms with Crippen molar-refractivity contribution in [2.45, 2.75) is 25.6 Å². The maximum atomic E-state index is 12.7. The molecule has 1 aliphatic heterocycles. The molecule has 1 aromatic heterocycles. The van der Waals surface area contributed by atoms with Crippen LogP contribution in [0.15, 0.2) is 48.5 Å². The molecule has 0 saturated carbocycles. The average Bonchev–Trinajstić information content (AvgIpc) is 2.99. The lowest BCUT2D eigenvalue weighted by molar-refractivity contribution is -0.105. The second kappa shape index (κ2) is 7.16. The highest BCUT2D eigenvalue weighted by molar-refractivity contribution is 7.21. The summed E-state index contributed by atoms with van der Waals surface area (Å²) in [6.45, 7) is 0.744. The van der Waals surface area contributed by atoms with Crippen molar-refractivity contribution in [1.82, 2.24) is 0 Å². The van der Waals surface area contributed by atoms with Crippen LogP contribution >= 0.6 is 22.9 Å². The van der Waals surface area contributed by atoms with Crippen molar-refractivity contribution in [3.63, 3.8) is 0 Å². The first-order valence-corrected chi connectivity index (χ1v) is 9.52. The van der Waals surface area contributed by atoms with E-state index in [1.54, 1.807) is 12.1 Å². The van der Waals surface area contributed by atoms with E-state index >= 15 is 0 Å². The first kappa shape index (κ1) is 16.6. The highest BCUT2D eigenvalue weighted by Crippen LogP contribution is 2.38.